The van der Waals surface area contributed by atoms with E-state index >= 15 is 0 Å². The number of likely N-dealkylation sites (tertiary alicyclic amines) is 1. The Bertz CT molecular complexity index is 1110. The first-order chi connectivity index (χ1) is 16.0. The highest BCUT2D eigenvalue weighted by atomic mass is 16.5. The van der Waals surface area contributed by atoms with Crippen LogP contribution in [0.25, 0.3) is 5.76 Å². The van der Waals surface area contributed by atoms with Crippen molar-refractivity contribution in [2.24, 2.45) is 0 Å². The number of carbonyl (C=O) groups is 2. The van der Waals surface area contributed by atoms with Crippen LogP contribution in [0.1, 0.15) is 29.2 Å². The molecule has 2 aliphatic heterocycles. The summed E-state index contributed by atoms with van der Waals surface area (Å²) in [5, 5.41) is 11.3. The maximum atomic E-state index is 13.2. The number of ketones is 1. The number of benzene rings is 2. The summed E-state index contributed by atoms with van der Waals surface area (Å²) in [6.45, 7) is 1.05. The normalized spacial score (nSPS) is 19.2. The van der Waals surface area contributed by atoms with Gasteiger partial charge < -0.3 is 29.0 Å². The molecule has 0 radical (unpaired) electrons. The number of ether oxygens (including phenoxy) is 4. The number of aryl methyl sites for hydroxylation is 1. The van der Waals surface area contributed by atoms with Crippen molar-refractivity contribution in [2.45, 2.75) is 18.9 Å². The first-order valence-electron chi connectivity index (χ1n) is 10.8. The highest BCUT2D eigenvalue weighted by Crippen LogP contribution is 2.45. The Labute approximate surface area is 192 Å². The molecule has 33 heavy (non-hydrogen) atoms. The Morgan fingerprint density at radius 3 is 2.70 bits per heavy atom. The van der Waals surface area contributed by atoms with E-state index in [0.29, 0.717) is 29.2 Å². The molecule has 0 bridgehead atoms. The van der Waals surface area contributed by atoms with Crippen LogP contribution in [0, 0.1) is 0 Å². The number of carbonyl (C=O) groups excluding carboxylic acids is 2. The third kappa shape index (κ3) is 4.02. The van der Waals surface area contributed by atoms with E-state index in [1.807, 2.05) is 6.07 Å². The van der Waals surface area contributed by atoms with Crippen LogP contribution in [0.2, 0.25) is 0 Å². The first kappa shape index (κ1) is 22.7. The predicted octanol–water partition coefficient (Wildman–Crippen LogP) is 3.10. The quantitative estimate of drug-likeness (QED) is 0.391. The number of para-hydroxylation sites is 1. The molecule has 0 aromatic heterocycles. The van der Waals surface area contributed by atoms with Gasteiger partial charge in [-0.15, -0.1) is 0 Å². The lowest BCUT2D eigenvalue weighted by Crippen LogP contribution is -2.32. The minimum Gasteiger partial charge on any atom is -0.507 e. The monoisotopic (exact) mass is 453 g/mol. The van der Waals surface area contributed by atoms with Gasteiger partial charge in [0.2, 0.25) is 0 Å². The van der Waals surface area contributed by atoms with E-state index in [1.54, 1.807) is 30.3 Å². The van der Waals surface area contributed by atoms with E-state index in [-0.39, 0.29) is 24.5 Å². The first-order valence-corrected chi connectivity index (χ1v) is 10.8. The SMILES string of the molecule is COCCN1C(=O)C(=O)/C(=C(/O)c2ccc3c(c2)CCCO3)C1c1cccc(OC)c1OC. The Morgan fingerprint density at radius 2 is 1.97 bits per heavy atom. The number of fused-ring (bicyclic) bond motifs is 1. The molecule has 4 rings (SSSR count). The van der Waals surface area contributed by atoms with Crippen molar-refractivity contribution in [2.75, 3.05) is 41.1 Å². The van der Waals surface area contributed by atoms with Gasteiger partial charge in [-0.1, -0.05) is 12.1 Å². The standard InChI is InChI=1S/C25H27NO7/c1-30-13-11-26-21(17-7-4-8-19(31-2)24(17)32-3)20(23(28)25(26)29)22(27)16-9-10-18-15(14-16)6-5-12-33-18/h4,7-10,14,21,27H,5-6,11-13H2,1-3H3/b22-20+. The van der Waals surface area contributed by atoms with Gasteiger partial charge in [0, 0.05) is 24.8 Å². The average Bonchev–Trinajstić information content (AvgIpc) is 3.10. The Morgan fingerprint density at radius 1 is 1.15 bits per heavy atom. The number of methoxy groups -OCH3 is 3. The Hall–Kier alpha value is -3.52. The number of Topliss-reactive ketones (excluding diaryl/α,β-unsaturated/α-hetero) is 1. The third-order valence-electron chi connectivity index (χ3n) is 5.99. The second kappa shape index (κ2) is 9.54. The topological polar surface area (TPSA) is 94.5 Å². The van der Waals surface area contributed by atoms with E-state index in [9.17, 15) is 14.7 Å². The number of hydrogen-bond donors (Lipinski definition) is 1. The van der Waals surface area contributed by atoms with Crippen LogP contribution >= 0.6 is 0 Å². The van der Waals surface area contributed by atoms with Crippen LogP contribution in [0.5, 0.6) is 17.2 Å². The molecule has 2 aliphatic rings. The molecule has 1 N–H and O–H groups in total. The third-order valence-corrected chi connectivity index (χ3v) is 5.99. The van der Waals surface area contributed by atoms with Gasteiger partial charge >= 0.3 is 0 Å². The van der Waals surface area contributed by atoms with E-state index in [2.05, 4.69) is 0 Å². The van der Waals surface area contributed by atoms with Crippen LogP contribution in [0.15, 0.2) is 42.0 Å². The van der Waals surface area contributed by atoms with Crippen LogP contribution < -0.4 is 14.2 Å². The fourth-order valence-electron chi connectivity index (χ4n) is 4.41. The molecule has 174 valence electrons. The smallest absolute Gasteiger partial charge is 0.295 e. The molecular weight excluding hydrogens is 426 g/mol. The number of amides is 1. The highest BCUT2D eigenvalue weighted by molar-refractivity contribution is 6.46. The fraction of sp³-hybridized carbons (Fsp3) is 0.360. The van der Waals surface area contributed by atoms with Crippen molar-refractivity contribution in [1.82, 2.24) is 4.90 Å². The van der Waals surface area contributed by atoms with E-state index in [1.165, 1.54) is 26.2 Å². The van der Waals surface area contributed by atoms with Gasteiger partial charge in [0.05, 0.1) is 39.0 Å². The van der Waals surface area contributed by atoms with Crippen molar-refractivity contribution < 1.29 is 33.6 Å². The van der Waals surface area contributed by atoms with Crippen molar-refractivity contribution >= 4 is 17.4 Å². The number of aliphatic hydroxyl groups is 1. The van der Waals surface area contributed by atoms with Gasteiger partial charge in [0.25, 0.3) is 11.7 Å². The molecule has 1 saturated heterocycles. The molecule has 0 saturated carbocycles. The summed E-state index contributed by atoms with van der Waals surface area (Å²) in [5.74, 6) is -0.0876. The van der Waals surface area contributed by atoms with E-state index in [4.69, 9.17) is 18.9 Å². The molecule has 1 fully saturated rings. The number of rotatable bonds is 7. The summed E-state index contributed by atoms with van der Waals surface area (Å²) in [5.41, 5.74) is 1.94. The molecule has 2 aromatic carbocycles. The largest absolute Gasteiger partial charge is 0.507 e. The molecule has 0 spiro atoms. The van der Waals surface area contributed by atoms with E-state index < -0.39 is 17.7 Å². The number of nitrogens with zero attached hydrogens (tertiary/aromatic N) is 1. The highest BCUT2D eigenvalue weighted by Gasteiger charge is 2.47. The number of hydrogen-bond acceptors (Lipinski definition) is 7. The molecule has 8 heteroatoms. The van der Waals surface area contributed by atoms with Gasteiger partial charge in [0.1, 0.15) is 11.5 Å². The van der Waals surface area contributed by atoms with Gasteiger partial charge in [-0.25, -0.2) is 0 Å². The van der Waals surface area contributed by atoms with Gasteiger partial charge in [0.15, 0.2) is 11.5 Å². The average molecular weight is 453 g/mol. The molecule has 1 unspecified atom stereocenters. The zero-order valence-corrected chi connectivity index (χ0v) is 18.9. The Kier molecular flexibility index (Phi) is 6.55. The van der Waals surface area contributed by atoms with Gasteiger partial charge in [-0.3, -0.25) is 9.59 Å². The summed E-state index contributed by atoms with van der Waals surface area (Å²) < 4.78 is 21.8. The van der Waals surface area contributed by atoms with Crippen LogP contribution in [-0.2, 0) is 20.7 Å². The lowest BCUT2D eigenvalue weighted by molar-refractivity contribution is -0.140. The molecule has 1 atom stereocenters. The van der Waals surface area contributed by atoms with Crippen molar-refractivity contribution in [1.29, 1.82) is 0 Å². The van der Waals surface area contributed by atoms with E-state index in [0.717, 1.165) is 24.2 Å². The lowest BCUT2D eigenvalue weighted by Gasteiger charge is -2.27. The lowest BCUT2D eigenvalue weighted by atomic mass is 9.93. The van der Waals surface area contributed by atoms with Gasteiger partial charge in [-0.2, -0.15) is 0 Å². The molecule has 8 nitrogen and oxygen atoms in total. The second-order valence-corrected chi connectivity index (χ2v) is 7.84. The predicted molar refractivity (Wildman–Crippen MR) is 121 cm³/mol. The number of aliphatic hydroxyl groups excluding tert-OH is 1. The minimum atomic E-state index is -0.863. The summed E-state index contributed by atoms with van der Waals surface area (Å²) in [4.78, 5) is 27.6. The van der Waals surface area contributed by atoms with Gasteiger partial charge in [-0.05, 0) is 42.7 Å². The second-order valence-electron chi connectivity index (χ2n) is 7.84. The summed E-state index contributed by atoms with van der Waals surface area (Å²) in [7, 11) is 4.53. The molecule has 2 heterocycles. The maximum Gasteiger partial charge on any atom is 0.295 e. The Balaban J connectivity index is 1.90. The fourth-order valence-corrected chi connectivity index (χ4v) is 4.41. The molecular formula is C25H27NO7. The molecule has 1 amide bonds. The summed E-state index contributed by atoms with van der Waals surface area (Å²) >= 11 is 0. The van der Waals surface area contributed by atoms with Crippen molar-refractivity contribution in [3.8, 4) is 17.2 Å². The maximum absolute atomic E-state index is 13.2. The molecule has 2 aromatic rings. The zero-order chi connectivity index (χ0) is 23.5. The van der Waals surface area contributed by atoms with Crippen molar-refractivity contribution in [3.05, 3.63) is 58.7 Å². The van der Waals surface area contributed by atoms with Crippen molar-refractivity contribution in [3.63, 3.8) is 0 Å². The zero-order valence-electron chi connectivity index (χ0n) is 18.9. The molecule has 0 aliphatic carbocycles. The minimum absolute atomic E-state index is 0.000617. The summed E-state index contributed by atoms with van der Waals surface area (Å²) in [6, 6.07) is 9.67. The van der Waals surface area contributed by atoms with Crippen LogP contribution in [-0.4, -0.2) is 62.8 Å². The van der Waals surface area contributed by atoms with Crippen LogP contribution in [0.3, 0.4) is 0 Å². The summed E-state index contributed by atoms with van der Waals surface area (Å²) in [6.07, 6.45) is 1.69. The van der Waals surface area contributed by atoms with Crippen LogP contribution in [0.4, 0.5) is 0 Å².